The van der Waals surface area contributed by atoms with Crippen LogP contribution in [0.4, 0.5) is 0 Å². The molecule has 2 rings (SSSR count). The van der Waals surface area contributed by atoms with Crippen LogP contribution in [0, 0.1) is 0 Å². The predicted molar refractivity (Wildman–Crippen MR) is 70.8 cm³/mol. The summed E-state index contributed by atoms with van der Waals surface area (Å²) in [4.78, 5) is 19.9. The van der Waals surface area contributed by atoms with Crippen molar-refractivity contribution in [1.29, 1.82) is 0 Å². The molecule has 2 N–H and O–H groups in total. The lowest BCUT2D eigenvalue weighted by Crippen LogP contribution is -2.28. The number of thioether (sulfide) groups is 1. The van der Waals surface area contributed by atoms with Crippen LogP contribution in [-0.2, 0) is 18.7 Å². The van der Waals surface area contributed by atoms with E-state index < -0.39 is 5.97 Å². The maximum Gasteiger partial charge on any atom is 0.354 e. The molecular weight excluding hydrogens is 250 g/mol. The first-order valence-corrected chi connectivity index (χ1v) is 7.07. The van der Waals surface area contributed by atoms with E-state index in [0.29, 0.717) is 23.4 Å². The van der Waals surface area contributed by atoms with Crippen LogP contribution in [0.15, 0.2) is 0 Å². The van der Waals surface area contributed by atoms with Gasteiger partial charge in [0, 0.05) is 25.1 Å². The van der Waals surface area contributed by atoms with Crippen LogP contribution in [0.2, 0.25) is 0 Å². The highest BCUT2D eigenvalue weighted by Gasteiger charge is 2.21. The van der Waals surface area contributed by atoms with Gasteiger partial charge in [-0.3, -0.25) is 0 Å². The van der Waals surface area contributed by atoms with Crippen molar-refractivity contribution in [3.05, 3.63) is 22.8 Å². The van der Waals surface area contributed by atoms with E-state index in [1.54, 1.807) is 11.8 Å². The molecule has 0 saturated carbocycles. The minimum atomic E-state index is -0.965. The molecule has 0 atom stereocenters. The third-order valence-electron chi connectivity index (χ3n) is 2.73. The highest BCUT2D eigenvalue weighted by Crippen LogP contribution is 2.19. The molecule has 18 heavy (non-hydrogen) atoms. The Balaban J connectivity index is 2.32. The minimum Gasteiger partial charge on any atom is -0.476 e. The summed E-state index contributed by atoms with van der Waals surface area (Å²) >= 11 is 1.72. The van der Waals surface area contributed by atoms with Crippen LogP contribution in [0.1, 0.15) is 41.4 Å². The van der Waals surface area contributed by atoms with Crippen LogP contribution in [0.5, 0.6) is 0 Å². The topological polar surface area (TPSA) is 75.1 Å². The van der Waals surface area contributed by atoms with Gasteiger partial charge in [0.15, 0.2) is 5.69 Å². The summed E-state index contributed by atoms with van der Waals surface area (Å²) in [6.45, 7) is 5.60. The summed E-state index contributed by atoms with van der Waals surface area (Å²) in [5.74, 6) is 0.332. The van der Waals surface area contributed by atoms with Gasteiger partial charge in [-0.25, -0.2) is 14.8 Å². The van der Waals surface area contributed by atoms with E-state index in [-0.39, 0.29) is 5.69 Å². The molecule has 0 unspecified atom stereocenters. The van der Waals surface area contributed by atoms with E-state index in [1.165, 1.54) is 0 Å². The summed E-state index contributed by atoms with van der Waals surface area (Å²) in [7, 11) is 0. The number of carboxylic acids is 1. The third-order valence-corrected chi connectivity index (χ3v) is 3.82. The number of hydrogen-bond acceptors (Lipinski definition) is 5. The molecule has 0 aromatic carbocycles. The van der Waals surface area contributed by atoms with Crippen LogP contribution >= 0.6 is 11.8 Å². The second-order valence-corrected chi connectivity index (χ2v) is 6.07. The molecule has 0 amide bonds. The molecule has 98 valence electrons. The summed E-state index contributed by atoms with van der Waals surface area (Å²) in [5.41, 5.74) is 1.79. The van der Waals surface area contributed by atoms with Gasteiger partial charge in [0.05, 0.1) is 11.4 Å². The first-order valence-electron chi connectivity index (χ1n) is 6.02. The predicted octanol–water partition coefficient (Wildman–Crippen LogP) is 1.46. The van der Waals surface area contributed by atoms with Gasteiger partial charge in [0.2, 0.25) is 0 Å². The van der Waals surface area contributed by atoms with Crippen molar-refractivity contribution in [2.75, 3.05) is 6.54 Å². The normalized spacial score (nSPS) is 14.6. The fraction of sp³-hybridized carbons (Fsp3) is 0.583. The van der Waals surface area contributed by atoms with Crippen molar-refractivity contribution in [1.82, 2.24) is 15.3 Å². The molecule has 1 aliphatic rings. The second kappa shape index (κ2) is 5.67. The van der Waals surface area contributed by atoms with Crippen LogP contribution in [-0.4, -0.2) is 32.8 Å². The summed E-state index contributed by atoms with van der Waals surface area (Å²) < 4.78 is 0. The van der Waals surface area contributed by atoms with Gasteiger partial charge in [0.25, 0.3) is 0 Å². The maximum absolute atomic E-state index is 11.2. The molecule has 1 aromatic rings. The Labute approximate surface area is 110 Å². The molecule has 0 bridgehead atoms. The van der Waals surface area contributed by atoms with E-state index in [4.69, 9.17) is 0 Å². The van der Waals surface area contributed by atoms with Crippen LogP contribution in [0.3, 0.4) is 0 Å². The first kappa shape index (κ1) is 13.3. The Kier molecular flexibility index (Phi) is 4.19. The SMILES string of the molecule is CC(C)SCc1nc2c(c(C(=O)O)n1)CNCC2. The van der Waals surface area contributed by atoms with Gasteiger partial charge in [0.1, 0.15) is 5.82 Å². The van der Waals surface area contributed by atoms with Crippen molar-refractivity contribution in [2.24, 2.45) is 0 Å². The fourth-order valence-corrected chi connectivity index (χ4v) is 2.49. The largest absolute Gasteiger partial charge is 0.476 e. The molecule has 6 heteroatoms. The number of hydrogen-bond donors (Lipinski definition) is 2. The number of carbonyl (C=O) groups is 1. The molecule has 0 radical (unpaired) electrons. The lowest BCUT2D eigenvalue weighted by atomic mass is 10.1. The van der Waals surface area contributed by atoms with Gasteiger partial charge < -0.3 is 10.4 Å². The molecule has 1 aromatic heterocycles. The molecule has 0 fully saturated rings. The molecular formula is C12H17N3O2S. The van der Waals surface area contributed by atoms with Crippen LogP contribution in [0.25, 0.3) is 0 Å². The number of fused-ring (bicyclic) bond motifs is 1. The highest BCUT2D eigenvalue weighted by atomic mass is 32.2. The first-order chi connectivity index (χ1) is 8.58. The number of aromatic nitrogens is 2. The van der Waals surface area contributed by atoms with Crippen molar-refractivity contribution >= 4 is 17.7 Å². The molecule has 5 nitrogen and oxygen atoms in total. The van der Waals surface area contributed by atoms with E-state index >= 15 is 0 Å². The minimum absolute atomic E-state index is 0.159. The smallest absolute Gasteiger partial charge is 0.354 e. The van der Waals surface area contributed by atoms with Crippen molar-refractivity contribution in [2.45, 2.75) is 37.8 Å². The number of rotatable bonds is 4. The second-order valence-electron chi connectivity index (χ2n) is 4.51. The average Bonchev–Trinajstić information content (AvgIpc) is 2.35. The Morgan fingerprint density at radius 3 is 2.94 bits per heavy atom. The van der Waals surface area contributed by atoms with E-state index in [1.807, 2.05) is 0 Å². The lowest BCUT2D eigenvalue weighted by Gasteiger charge is -2.18. The number of nitrogens with zero attached hydrogens (tertiary/aromatic N) is 2. The van der Waals surface area contributed by atoms with Crippen molar-refractivity contribution in [3.63, 3.8) is 0 Å². The monoisotopic (exact) mass is 267 g/mol. The zero-order chi connectivity index (χ0) is 13.1. The van der Waals surface area contributed by atoms with E-state index in [9.17, 15) is 9.90 Å². The van der Waals surface area contributed by atoms with E-state index in [0.717, 1.165) is 24.2 Å². The standard InChI is InChI=1S/C12H17N3O2S/c1-7(2)18-6-10-14-9-3-4-13-5-8(9)11(15-10)12(16)17/h7,13H,3-6H2,1-2H3,(H,16,17). The molecule has 1 aliphatic heterocycles. The summed E-state index contributed by atoms with van der Waals surface area (Å²) in [6, 6.07) is 0. The van der Waals surface area contributed by atoms with Gasteiger partial charge >= 0.3 is 5.97 Å². The zero-order valence-corrected chi connectivity index (χ0v) is 11.4. The average molecular weight is 267 g/mol. The number of aromatic carboxylic acids is 1. The number of carboxylic acid groups (broad SMARTS) is 1. The molecule has 0 spiro atoms. The zero-order valence-electron chi connectivity index (χ0n) is 10.6. The third kappa shape index (κ3) is 3.00. The Bertz CT molecular complexity index is 463. The van der Waals surface area contributed by atoms with Gasteiger partial charge in [-0.2, -0.15) is 11.8 Å². The maximum atomic E-state index is 11.2. The van der Waals surface area contributed by atoms with Crippen LogP contribution < -0.4 is 5.32 Å². The Morgan fingerprint density at radius 2 is 2.28 bits per heavy atom. The lowest BCUT2D eigenvalue weighted by molar-refractivity contribution is 0.0688. The quantitative estimate of drug-likeness (QED) is 0.860. The fourth-order valence-electron chi connectivity index (χ4n) is 1.88. The molecule has 0 aliphatic carbocycles. The summed E-state index contributed by atoms with van der Waals surface area (Å²) in [6.07, 6.45) is 0.775. The van der Waals surface area contributed by atoms with Gasteiger partial charge in [-0.05, 0) is 5.25 Å². The van der Waals surface area contributed by atoms with E-state index in [2.05, 4.69) is 29.1 Å². The molecule has 2 heterocycles. The van der Waals surface area contributed by atoms with Gasteiger partial charge in [-0.1, -0.05) is 13.8 Å². The Hall–Kier alpha value is -1.14. The highest BCUT2D eigenvalue weighted by molar-refractivity contribution is 7.99. The van der Waals surface area contributed by atoms with Crippen molar-refractivity contribution in [3.8, 4) is 0 Å². The van der Waals surface area contributed by atoms with Crippen molar-refractivity contribution < 1.29 is 9.90 Å². The Morgan fingerprint density at radius 1 is 1.50 bits per heavy atom. The summed E-state index contributed by atoms with van der Waals surface area (Å²) in [5, 5.41) is 12.9. The van der Waals surface area contributed by atoms with Gasteiger partial charge in [-0.15, -0.1) is 0 Å². The number of nitrogens with one attached hydrogen (secondary N) is 1. The molecule has 0 saturated heterocycles.